The first kappa shape index (κ1) is 14.6. The van der Waals surface area contributed by atoms with Crippen LogP contribution in [-0.4, -0.2) is 5.84 Å². The van der Waals surface area contributed by atoms with Crippen molar-refractivity contribution in [1.82, 2.24) is 0 Å². The minimum atomic E-state index is -0.0127. The molecule has 0 aliphatic carbocycles. The average molecular weight is 333 g/mol. The van der Waals surface area contributed by atoms with E-state index in [4.69, 9.17) is 15.9 Å². The molecule has 0 aliphatic rings. The highest BCUT2D eigenvalue weighted by Gasteiger charge is 2.09. The first-order valence-electron chi connectivity index (χ1n) is 6.39. The number of rotatable bonds is 4. The van der Waals surface area contributed by atoms with Gasteiger partial charge in [0.1, 0.15) is 17.3 Å². The highest BCUT2D eigenvalue weighted by atomic mass is 79.9. The maximum atomic E-state index is 7.63. The highest BCUT2D eigenvalue weighted by molar-refractivity contribution is 9.10. The Morgan fingerprint density at radius 1 is 1.20 bits per heavy atom. The number of nitrogen functional groups attached to an aromatic ring is 1. The van der Waals surface area contributed by atoms with Gasteiger partial charge in [-0.25, -0.2) is 0 Å². The highest BCUT2D eigenvalue weighted by Crippen LogP contribution is 2.29. The number of ether oxygens (including phenoxy) is 1. The number of hydrogen-bond acceptors (Lipinski definition) is 2. The Balaban J connectivity index is 2.35. The van der Waals surface area contributed by atoms with Crippen molar-refractivity contribution in [2.45, 2.75) is 19.8 Å². The number of benzene rings is 2. The lowest BCUT2D eigenvalue weighted by molar-refractivity contribution is 0.480. The summed E-state index contributed by atoms with van der Waals surface area (Å²) in [6, 6.07) is 13.4. The van der Waals surface area contributed by atoms with Crippen molar-refractivity contribution in [3.05, 3.63) is 58.1 Å². The third kappa shape index (κ3) is 3.39. The lowest BCUT2D eigenvalue weighted by Gasteiger charge is -2.12. The van der Waals surface area contributed by atoms with Gasteiger partial charge in [0, 0.05) is 4.47 Å². The Morgan fingerprint density at radius 2 is 1.95 bits per heavy atom. The molecular weight excluding hydrogens is 316 g/mol. The number of nitrogens with two attached hydrogens (primary N) is 1. The molecule has 0 heterocycles. The molecule has 0 spiro atoms. The van der Waals surface area contributed by atoms with E-state index in [0.717, 1.165) is 10.2 Å². The molecule has 0 fully saturated rings. The summed E-state index contributed by atoms with van der Waals surface area (Å²) >= 11 is 3.37. The van der Waals surface area contributed by atoms with Gasteiger partial charge in [-0.3, -0.25) is 5.41 Å². The van der Waals surface area contributed by atoms with E-state index in [0.29, 0.717) is 17.2 Å². The zero-order valence-corrected chi connectivity index (χ0v) is 13.1. The molecular formula is C16H17BrN2O. The van der Waals surface area contributed by atoms with Gasteiger partial charge in [0.25, 0.3) is 0 Å². The first-order chi connectivity index (χ1) is 9.47. The summed E-state index contributed by atoms with van der Waals surface area (Å²) in [5.41, 5.74) is 7.39. The molecule has 3 nitrogen and oxygen atoms in total. The summed E-state index contributed by atoms with van der Waals surface area (Å²) in [6.07, 6.45) is 0. The fourth-order valence-electron chi connectivity index (χ4n) is 1.87. The summed E-state index contributed by atoms with van der Waals surface area (Å²) in [5.74, 6) is 1.76. The number of halogens is 1. The van der Waals surface area contributed by atoms with E-state index in [1.54, 1.807) is 6.07 Å². The molecule has 0 radical (unpaired) electrons. The van der Waals surface area contributed by atoms with E-state index in [2.05, 4.69) is 35.8 Å². The third-order valence-corrected chi connectivity index (χ3v) is 3.48. The topological polar surface area (TPSA) is 59.1 Å². The van der Waals surface area contributed by atoms with Crippen LogP contribution in [0.2, 0.25) is 0 Å². The van der Waals surface area contributed by atoms with Crippen molar-refractivity contribution in [2.75, 3.05) is 0 Å². The average Bonchev–Trinajstić information content (AvgIpc) is 2.41. The SMILES string of the molecule is CC(C)c1cccc(Oc2ccc(Br)cc2C(=N)N)c1. The van der Waals surface area contributed by atoms with Crippen LogP contribution >= 0.6 is 15.9 Å². The molecule has 0 unspecified atom stereocenters. The minimum absolute atomic E-state index is 0.0127. The Morgan fingerprint density at radius 3 is 2.60 bits per heavy atom. The molecule has 0 amide bonds. The van der Waals surface area contributed by atoms with Crippen molar-refractivity contribution in [2.24, 2.45) is 5.73 Å². The minimum Gasteiger partial charge on any atom is -0.457 e. The van der Waals surface area contributed by atoms with E-state index in [-0.39, 0.29) is 5.84 Å². The van der Waals surface area contributed by atoms with Gasteiger partial charge in [0.2, 0.25) is 0 Å². The molecule has 2 rings (SSSR count). The van der Waals surface area contributed by atoms with Gasteiger partial charge in [-0.2, -0.15) is 0 Å². The molecule has 20 heavy (non-hydrogen) atoms. The van der Waals surface area contributed by atoms with E-state index in [9.17, 15) is 0 Å². The number of amidine groups is 1. The molecule has 4 heteroatoms. The van der Waals surface area contributed by atoms with E-state index < -0.39 is 0 Å². The second kappa shape index (κ2) is 6.09. The molecule has 0 saturated heterocycles. The summed E-state index contributed by atoms with van der Waals surface area (Å²) < 4.78 is 6.74. The van der Waals surface area contributed by atoms with Crippen LogP contribution < -0.4 is 10.5 Å². The molecule has 0 aliphatic heterocycles. The van der Waals surface area contributed by atoms with Crippen molar-refractivity contribution < 1.29 is 4.74 Å². The molecule has 2 aromatic rings. The number of hydrogen-bond donors (Lipinski definition) is 2. The van der Waals surface area contributed by atoms with E-state index in [1.807, 2.05) is 30.3 Å². The Labute approximate surface area is 127 Å². The van der Waals surface area contributed by atoms with Gasteiger partial charge >= 0.3 is 0 Å². The van der Waals surface area contributed by atoms with Gasteiger partial charge < -0.3 is 10.5 Å². The van der Waals surface area contributed by atoms with Crippen LogP contribution in [0.15, 0.2) is 46.9 Å². The van der Waals surface area contributed by atoms with Crippen molar-refractivity contribution in [1.29, 1.82) is 5.41 Å². The van der Waals surface area contributed by atoms with Crippen LogP contribution in [0.1, 0.15) is 30.9 Å². The lowest BCUT2D eigenvalue weighted by atomic mass is 10.0. The van der Waals surface area contributed by atoms with Crippen molar-refractivity contribution in [3.8, 4) is 11.5 Å². The predicted molar refractivity (Wildman–Crippen MR) is 85.8 cm³/mol. The summed E-state index contributed by atoms with van der Waals surface area (Å²) in [6.45, 7) is 4.28. The summed E-state index contributed by atoms with van der Waals surface area (Å²) in [4.78, 5) is 0. The van der Waals surface area contributed by atoms with Crippen molar-refractivity contribution in [3.63, 3.8) is 0 Å². The molecule has 0 bridgehead atoms. The second-order valence-corrected chi connectivity index (χ2v) is 5.80. The smallest absolute Gasteiger partial charge is 0.138 e. The van der Waals surface area contributed by atoms with Gasteiger partial charge in [0.15, 0.2) is 0 Å². The summed E-state index contributed by atoms with van der Waals surface area (Å²) in [5, 5.41) is 7.63. The third-order valence-electron chi connectivity index (χ3n) is 2.98. The van der Waals surface area contributed by atoms with Crippen molar-refractivity contribution >= 4 is 21.8 Å². The first-order valence-corrected chi connectivity index (χ1v) is 7.18. The molecule has 104 valence electrons. The number of nitrogens with one attached hydrogen (secondary N) is 1. The molecule has 0 saturated carbocycles. The fraction of sp³-hybridized carbons (Fsp3) is 0.188. The zero-order valence-electron chi connectivity index (χ0n) is 11.5. The fourth-order valence-corrected chi connectivity index (χ4v) is 2.23. The molecule has 3 N–H and O–H groups in total. The van der Waals surface area contributed by atoms with Gasteiger partial charge in [-0.05, 0) is 41.8 Å². The van der Waals surface area contributed by atoms with Crippen LogP contribution in [-0.2, 0) is 0 Å². The predicted octanol–water partition coefficient (Wildman–Crippen LogP) is 4.65. The Kier molecular flexibility index (Phi) is 4.45. The second-order valence-electron chi connectivity index (χ2n) is 4.88. The molecule has 2 aromatic carbocycles. The lowest BCUT2D eigenvalue weighted by Crippen LogP contribution is -2.12. The maximum absolute atomic E-state index is 7.63. The van der Waals surface area contributed by atoms with E-state index >= 15 is 0 Å². The van der Waals surface area contributed by atoms with Crippen LogP contribution in [0, 0.1) is 5.41 Å². The van der Waals surface area contributed by atoms with Crippen LogP contribution in [0.4, 0.5) is 0 Å². The van der Waals surface area contributed by atoms with Crippen LogP contribution in [0.25, 0.3) is 0 Å². The molecule has 0 aromatic heterocycles. The quantitative estimate of drug-likeness (QED) is 0.632. The Hall–Kier alpha value is -1.81. The maximum Gasteiger partial charge on any atom is 0.138 e. The normalized spacial score (nSPS) is 10.6. The van der Waals surface area contributed by atoms with Crippen LogP contribution in [0.3, 0.4) is 0 Å². The molecule has 0 atom stereocenters. The zero-order chi connectivity index (χ0) is 14.7. The van der Waals surface area contributed by atoms with Gasteiger partial charge in [-0.15, -0.1) is 0 Å². The summed E-state index contributed by atoms with van der Waals surface area (Å²) in [7, 11) is 0. The standard InChI is InChI=1S/C16H17BrN2O/c1-10(2)11-4-3-5-13(8-11)20-15-7-6-12(17)9-14(15)16(18)19/h3-10H,1-2H3,(H3,18,19). The van der Waals surface area contributed by atoms with Crippen LogP contribution in [0.5, 0.6) is 11.5 Å². The largest absolute Gasteiger partial charge is 0.457 e. The van der Waals surface area contributed by atoms with E-state index in [1.165, 1.54) is 5.56 Å². The van der Waals surface area contributed by atoms with Gasteiger partial charge in [0.05, 0.1) is 5.56 Å². The monoisotopic (exact) mass is 332 g/mol. The Bertz CT molecular complexity index is 638. The van der Waals surface area contributed by atoms with Gasteiger partial charge in [-0.1, -0.05) is 41.9 Å².